The van der Waals surface area contributed by atoms with Crippen molar-refractivity contribution in [3.63, 3.8) is 0 Å². The van der Waals surface area contributed by atoms with Crippen LogP contribution >= 0.6 is 12.2 Å². The molecular formula is C23H21N3O3S. The summed E-state index contributed by atoms with van der Waals surface area (Å²) in [5.41, 5.74) is 7.84. The lowest BCUT2D eigenvalue weighted by Gasteiger charge is -2.11. The lowest BCUT2D eigenvalue weighted by atomic mass is 10.1. The van der Waals surface area contributed by atoms with Gasteiger partial charge in [0.15, 0.2) is 10.9 Å². The molecule has 30 heavy (non-hydrogen) atoms. The zero-order valence-electron chi connectivity index (χ0n) is 16.6. The maximum Gasteiger partial charge on any atom is 0.305 e. The van der Waals surface area contributed by atoms with E-state index >= 15 is 0 Å². The van der Waals surface area contributed by atoms with Gasteiger partial charge in [-0.3, -0.25) is 15.6 Å². The number of hydrogen-bond donors (Lipinski definition) is 3. The SMILES string of the molecule is COc1ccc(CNC(=S)NNC(=O)c2oc3c(ccc4ccccc43)c2C)cc1. The second kappa shape index (κ2) is 8.42. The number of rotatable bonds is 4. The minimum Gasteiger partial charge on any atom is -0.497 e. The normalized spacial score (nSPS) is 10.7. The van der Waals surface area contributed by atoms with Gasteiger partial charge in [0.2, 0.25) is 0 Å². The second-order valence-electron chi connectivity index (χ2n) is 6.83. The van der Waals surface area contributed by atoms with Crippen molar-refractivity contribution in [2.45, 2.75) is 13.5 Å². The smallest absolute Gasteiger partial charge is 0.305 e. The summed E-state index contributed by atoms with van der Waals surface area (Å²) in [6, 6.07) is 19.6. The molecule has 3 N–H and O–H groups in total. The Morgan fingerprint density at radius 3 is 2.53 bits per heavy atom. The Hall–Kier alpha value is -3.58. The van der Waals surface area contributed by atoms with Crippen molar-refractivity contribution in [3.05, 3.63) is 77.6 Å². The first-order chi connectivity index (χ1) is 14.6. The van der Waals surface area contributed by atoms with Gasteiger partial charge in [-0.05, 0) is 42.2 Å². The number of hydrazine groups is 1. The van der Waals surface area contributed by atoms with E-state index in [2.05, 4.69) is 16.2 Å². The fourth-order valence-corrected chi connectivity index (χ4v) is 3.43. The molecule has 0 fully saturated rings. The van der Waals surface area contributed by atoms with Gasteiger partial charge in [-0.15, -0.1) is 0 Å². The molecule has 0 bridgehead atoms. The lowest BCUT2D eigenvalue weighted by Crippen LogP contribution is -2.46. The summed E-state index contributed by atoms with van der Waals surface area (Å²) in [7, 11) is 1.63. The number of methoxy groups -OCH3 is 1. The number of amides is 1. The largest absolute Gasteiger partial charge is 0.497 e. The highest BCUT2D eigenvalue weighted by atomic mass is 32.1. The Bertz CT molecular complexity index is 1230. The second-order valence-corrected chi connectivity index (χ2v) is 7.24. The summed E-state index contributed by atoms with van der Waals surface area (Å²) in [6.45, 7) is 2.39. The number of carbonyl (C=O) groups is 1. The van der Waals surface area contributed by atoms with Crippen LogP contribution in [0.2, 0.25) is 0 Å². The molecule has 4 aromatic rings. The van der Waals surface area contributed by atoms with E-state index in [-0.39, 0.29) is 11.7 Å². The van der Waals surface area contributed by atoms with E-state index in [4.69, 9.17) is 21.4 Å². The first-order valence-electron chi connectivity index (χ1n) is 9.45. The van der Waals surface area contributed by atoms with Crippen LogP contribution in [0.3, 0.4) is 0 Å². The van der Waals surface area contributed by atoms with Gasteiger partial charge in [0.25, 0.3) is 0 Å². The lowest BCUT2D eigenvalue weighted by molar-refractivity contribution is 0.0917. The number of carbonyl (C=O) groups excluding carboxylic acids is 1. The molecule has 0 aliphatic heterocycles. The summed E-state index contributed by atoms with van der Waals surface area (Å²) in [6.07, 6.45) is 0. The molecule has 0 unspecified atom stereocenters. The Morgan fingerprint density at radius 2 is 1.77 bits per heavy atom. The average molecular weight is 420 g/mol. The van der Waals surface area contributed by atoms with Gasteiger partial charge in [-0.25, -0.2) is 0 Å². The number of thiocarbonyl (C=S) groups is 1. The molecule has 1 amide bonds. The van der Waals surface area contributed by atoms with Crippen LogP contribution in [0.25, 0.3) is 21.7 Å². The van der Waals surface area contributed by atoms with Gasteiger partial charge in [0.05, 0.1) is 7.11 Å². The van der Waals surface area contributed by atoms with E-state index in [1.165, 1.54) is 0 Å². The highest BCUT2D eigenvalue weighted by molar-refractivity contribution is 7.80. The molecule has 0 saturated carbocycles. The van der Waals surface area contributed by atoms with Crippen molar-refractivity contribution >= 4 is 45.0 Å². The Labute approximate surface area is 179 Å². The van der Waals surface area contributed by atoms with Crippen LogP contribution < -0.4 is 20.9 Å². The van der Waals surface area contributed by atoms with Crippen LogP contribution in [0.15, 0.2) is 65.1 Å². The molecule has 0 radical (unpaired) electrons. The van der Waals surface area contributed by atoms with Gasteiger partial charge < -0.3 is 14.5 Å². The number of aryl methyl sites for hydroxylation is 1. The van der Waals surface area contributed by atoms with E-state index in [0.29, 0.717) is 17.2 Å². The number of hydrogen-bond acceptors (Lipinski definition) is 4. The summed E-state index contributed by atoms with van der Waals surface area (Å²) < 4.78 is 11.1. The highest BCUT2D eigenvalue weighted by Crippen LogP contribution is 2.31. The minimum absolute atomic E-state index is 0.256. The first kappa shape index (κ1) is 19.7. The van der Waals surface area contributed by atoms with Crippen molar-refractivity contribution < 1.29 is 13.9 Å². The molecule has 7 heteroatoms. The van der Waals surface area contributed by atoms with Gasteiger partial charge in [-0.2, -0.15) is 0 Å². The molecule has 4 rings (SSSR count). The third kappa shape index (κ3) is 3.92. The number of ether oxygens (including phenoxy) is 1. The third-order valence-corrected chi connectivity index (χ3v) is 5.18. The fourth-order valence-electron chi connectivity index (χ4n) is 3.31. The maximum absolute atomic E-state index is 12.7. The summed E-state index contributed by atoms with van der Waals surface area (Å²) in [4.78, 5) is 12.7. The van der Waals surface area contributed by atoms with E-state index < -0.39 is 0 Å². The standard InChI is InChI=1S/C23H21N3O3S/c1-14-18-12-9-16-5-3-4-6-19(16)21(18)29-20(14)22(27)25-26-23(30)24-13-15-7-10-17(28-2)11-8-15/h3-12H,13H2,1-2H3,(H,25,27)(H2,24,26,30). The predicted molar refractivity (Wildman–Crippen MR) is 121 cm³/mol. The van der Waals surface area contributed by atoms with Gasteiger partial charge in [-0.1, -0.05) is 48.5 Å². The van der Waals surface area contributed by atoms with Crippen molar-refractivity contribution in [2.75, 3.05) is 7.11 Å². The Kier molecular flexibility index (Phi) is 5.54. The first-order valence-corrected chi connectivity index (χ1v) is 9.85. The summed E-state index contributed by atoms with van der Waals surface area (Å²) in [5.74, 6) is 0.661. The molecule has 1 aromatic heterocycles. The molecule has 6 nitrogen and oxygen atoms in total. The molecule has 3 aromatic carbocycles. The van der Waals surface area contributed by atoms with Crippen LogP contribution in [0.5, 0.6) is 5.75 Å². The molecule has 0 aliphatic carbocycles. The number of fused-ring (bicyclic) bond motifs is 3. The maximum atomic E-state index is 12.7. The zero-order chi connectivity index (χ0) is 21.1. The van der Waals surface area contributed by atoms with E-state index in [1.807, 2.05) is 67.6 Å². The van der Waals surface area contributed by atoms with Crippen LogP contribution in [-0.2, 0) is 6.54 Å². The van der Waals surface area contributed by atoms with E-state index in [1.54, 1.807) is 7.11 Å². The fraction of sp³-hybridized carbons (Fsp3) is 0.130. The summed E-state index contributed by atoms with van der Waals surface area (Å²) >= 11 is 5.24. The number of benzene rings is 3. The monoisotopic (exact) mass is 419 g/mol. The molecular weight excluding hydrogens is 398 g/mol. The molecule has 1 heterocycles. The van der Waals surface area contributed by atoms with E-state index in [9.17, 15) is 4.79 Å². The van der Waals surface area contributed by atoms with Crippen LogP contribution in [-0.4, -0.2) is 18.1 Å². The number of nitrogens with one attached hydrogen (secondary N) is 3. The molecule has 152 valence electrons. The van der Waals surface area contributed by atoms with Crippen molar-refractivity contribution in [1.82, 2.24) is 16.2 Å². The Morgan fingerprint density at radius 1 is 1.00 bits per heavy atom. The van der Waals surface area contributed by atoms with E-state index in [0.717, 1.165) is 33.0 Å². The predicted octanol–water partition coefficient (Wildman–Crippen LogP) is 4.21. The zero-order valence-corrected chi connectivity index (χ0v) is 17.4. The van der Waals surface area contributed by atoms with Gasteiger partial charge >= 0.3 is 5.91 Å². The minimum atomic E-state index is -0.388. The van der Waals surface area contributed by atoms with Crippen LogP contribution in [0, 0.1) is 6.92 Å². The molecule has 0 saturated heterocycles. The third-order valence-electron chi connectivity index (χ3n) is 4.94. The van der Waals surface area contributed by atoms with Gasteiger partial charge in [0, 0.05) is 22.9 Å². The Balaban J connectivity index is 1.41. The average Bonchev–Trinajstić information content (AvgIpc) is 3.13. The van der Waals surface area contributed by atoms with Crippen molar-refractivity contribution in [2.24, 2.45) is 0 Å². The van der Waals surface area contributed by atoms with Gasteiger partial charge in [0.1, 0.15) is 11.3 Å². The van der Waals surface area contributed by atoms with Crippen molar-refractivity contribution in [1.29, 1.82) is 0 Å². The summed E-state index contributed by atoms with van der Waals surface area (Å²) in [5, 5.41) is 6.30. The highest BCUT2D eigenvalue weighted by Gasteiger charge is 2.19. The topological polar surface area (TPSA) is 75.5 Å². The molecule has 0 spiro atoms. The number of furan rings is 1. The van der Waals surface area contributed by atoms with Crippen LogP contribution in [0.1, 0.15) is 21.7 Å². The van der Waals surface area contributed by atoms with Crippen molar-refractivity contribution in [3.8, 4) is 5.75 Å². The molecule has 0 atom stereocenters. The molecule has 0 aliphatic rings. The van der Waals surface area contributed by atoms with Crippen LogP contribution in [0.4, 0.5) is 0 Å². The quantitative estimate of drug-likeness (QED) is 0.340.